The number of aliphatic hydroxyl groups is 1. The highest BCUT2D eigenvalue weighted by Crippen LogP contribution is 2.44. The monoisotopic (exact) mass is 381 g/mol. The molecule has 4 rings (SSSR count). The van der Waals surface area contributed by atoms with E-state index in [2.05, 4.69) is 6.07 Å². The lowest BCUT2D eigenvalue weighted by molar-refractivity contribution is -0.0941. The number of thioether (sulfide) groups is 1. The first kappa shape index (κ1) is 18.3. The topological polar surface area (TPSA) is 51.5 Å². The zero-order valence-electron chi connectivity index (χ0n) is 15.5. The van der Waals surface area contributed by atoms with E-state index in [4.69, 9.17) is 4.74 Å². The van der Waals surface area contributed by atoms with Crippen molar-refractivity contribution >= 4 is 22.7 Å². The van der Waals surface area contributed by atoms with E-state index in [-0.39, 0.29) is 16.9 Å². The van der Waals surface area contributed by atoms with Gasteiger partial charge in [-0.3, -0.25) is 4.79 Å². The summed E-state index contributed by atoms with van der Waals surface area (Å²) in [6.45, 7) is 2.57. The second-order valence-corrected chi connectivity index (χ2v) is 8.32. The van der Waals surface area contributed by atoms with Crippen LogP contribution in [0.2, 0.25) is 0 Å². The van der Waals surface area contributed by atoms with E-state index >= 15 is 0 Å². The highest BCUT2D eigenvalue weighted by molar-refractivity contribution is 8.00. The molecule has 1 aliphatic rings. The number of ether oxygens (including phenoxy) is 1. The number of aryl methyl sites for hydroxylation is 1. The van der Waals surface area contributed by atoms with Crippen molar-refractivity contribution in [2.24, 2.45) is 7.05 Å². The van der Waals surface area contributed by atoms with Crippen LogP contribution in [0.25, 0.3) is 10.9 Å². The van der Waals surface area contributed by atoms with Gasteiger partial charge in [-0.05, 0) is 42.1 Å². The van der Waals surface area contributed by atoms with E-state index in [0.29, 0.717) is 13.0 Å². The molecule has 4 nitrogen and oxygen atoms in total. The Morgan fingerprint density at radius 2 is 1.93 bits per heavy atom. The molecule has 0 bridgehead atoms. The lowest BCUT2D eigenvalue weighted by atomic mass is 9.83. The summed E-state index contributed by atoms with van der Waals surface area (Å²) < 4.78 is 7.52. The normalized spacial score (nSPS) is 25.6. The summed E-state index contributed by atoms with van der Waals surface area (Å²) in [4.78, 5) is 12.9. The number of aromatic nitrogens is 1. The third kappa shape index (κ3) is 3.31. The molecule has 0 spiro atoms. The first-order chi connectivity index (χ1) is 13.0. The standard InChI is InChI=1S/C22H23NO3S/c1-15-21(22(25,12-13-26-15)17-6-4-3-5-7-17)27-18-9-10-19-16(14-18)8-11-20(24)23(19)2/h3-11,14-15,21,25H,12-13H2,1-2H3/t15-,21?,22+/m0/s1. The van der Waals surface area contributed by atoms with Crippen molar-refractivity contribution in [3.8, 4) is 0 Å². The molecule has 1 aliphatic heterocycles. The maximum atomic E-state index is 11.8. The van der Waals surface area contributed by atoms with Gasteiger partial charge in [0.15, 0.2) is 0 Å². The summed E-state index contributed by atoms with van der Waals surface area (Å²) in [6.07, 6.45) is 0.492. The number of nitrogens with zero attached hydrogens (tertiary/aromatic N) is 1. The number of fused-ring (bicyclic) bond motifs is 1. The summed E-state index contributed by atoms with van der Waals surface area (Å²) in [5, 5.41) is 12.5. The highest BCUT2D eigenvalue weighted by Gasteiger charge is 2.45. The van der Waals surface area contributed by atoms with Gasteiger partial charge >= 0.3 is 0 Å². The van der Waals surface area contributed by atoms with Gasteiger partial charge in [0.05, 0.1) is 23.5 Å². The molecule has 3 aromatic rings. The number of benzene rings is 2. The number of hydrogen-bond acceptors (Lipinski definition) is 4. The molecule has 5 heteroatoms. The zero-order chi connectivity index (χ0) is 19.0. The average Bonchev–Trinajstić information content (AvgIpc) is 2.68. The fraction of sp³-hybridized carbons (Fsp3) is 0.318. The summed E-state index contributed by atoms with van der Waals surface area (Å²) in [6, 6.07) is 19.4. The Kier molecular flexibility index (Phi) is 4.84. The molecule has 0 aliphatic carbocycles. The average molecular weight is 381 g/mol. The van der Waals surface area contributed by atoms with Crippen LogP contribution in [0.15, 0.2) is 70.4 Å². The van der Waals surface area contributed by atoms with Crippen molar-refractivity contribution in [2.45, 2.75) is 35.2 Å². The fourth-order valence-corrected chi connectivity index (χ4v) is 5.18. The predicted octanol–water partition coefficient (Wildman–Crippen LogP) is 3.70. The number of rotatable bonds is 3. The Morgan fingerprint density at radius 1 is 1.15 bits per heavy atom. The van der Waals surface area contributed by atoms with Crippen LogP contribution in [0.4, 0.5) is 0 Å². The maximum Gasteiger partial charge on any atom is 0.250 e. The molecule has 0 amide bonds. The summed E-state index contributed by atoms with van der Waals surface area (Å²) in [5.41, 5.74) is 0.872. The fourth-order valence-electron chi connectivity index (χ4n) is 3.83. The van der Waals surface area contributed by atoms with Crippen molar-refractivity contribution in [3.05, 3.63) is 76.6 Å². The van der Waals surface area contributed by atoms with Crippen molar-refractivity contribution < 1.29 is 9.84 Å². The van der Waals surface area contributed by atoms with E-state index in [1.165, 1.54) is 0 Å². The maximum absolute atomic E-state index is 11.8. The van der Waals surface area contributed by atoms with E-state index in [0.717, 1.165) is 21.4 Å². The van der Waals surface area contributed by atoms with Gasteiger partial charge in [-0.2, -0.15) is 0 Å². The Bertz CT molecular complexity index is 1020. The molecule has 1 unspecified atom stereocenters. The van der Waals surface area contributed by atoms with Gasteiger partial charge in [0.2, 0.25) is 0 Å². The minimum atomic E-state index is -0.942. The van der Waals surface area contributed by atoms with E-state index in [9.17, 15) is 9.90 Å². The van der Waals surface area contributed by atoms with Crippen LogP contribution in [-0.4, -0.2) is 27.6 Å². The molecule has 1 saturated heterocycles. The molecule has 27 heavy (non-hydrogen) atoms. The van der Waals surface area contributed by atoms with Crippen LogP contribution in [0.5, 0.6) is 0 Å². The van der Waals surface area contributed by atoms with Crippen molar-refractivity contribution in [3.63, 3.8) is 0 Å². The van der Waals surface area contributed by atoms with Crippen LogP contribution in [-0.2, 0) is 17.4 Å². The van der Waals surface area contributed by atoms with Gasteiger partial charge in [0.25, 0.3) is 5.56 Å². The van der Waals surface area contributed by atoms with Crippen LogP contribution < -0.4 is 5.56 Å². The van der Waals surface area contributed by atoms with Crippen LogP contribution in [0.3, 0.4) is 0 Å². The smallest absolute Gasteiger partial charge is 0.250 e. The van der Waals surface area contributed by atoms with E-state index in [1.807, 2.05) is 55.5 Å². The highest BCUT2D eigenvalue weighted by atomic mass is 32.2. The molecular weight excluding hydrogens is 358 g/mol. The molecule has 0 saturated carbocycles. The van der Waals surface area contributed by atoms with Crippen molar-refractivity contribution in [2.75, 3.05) is 6.61 Å². The third-order valence-electron chi connectivity index (χ3n) is 5.39. The number of hydrogen-bond donors (Lipinski definition) is 1. The minimum absolute atomic E-state index is 0.0179. The first-order valence-corrected chi connectivity index (χ1v) is 10.0. The van der Waals surface area contributed by atoms with Gasteiger partial charge in [-0.1, -0.05) is 30.3 Å². The molecule has 2 aromatic carbocycles. The van der Waals surface area contributed by atoms with E-state index < -0.39 is 5.60 Å². The second-order valence-electron chi connectivity index (χ2n) is 7.11. The quantitative estimate of drug-likeness (QED) is 0.752. The Balaban J connectivity index is 1.71. The Labute approximate surface area is 162 Å². The molecule has 1 fully saturated rings. The summed E-state index contributed by atoms with van der Waals surface area (Å²) in [5.74, 6) is 0. The zero-order valence-corrected chi connectivity index (χ0v) is 16.3. The molecule has 140 valence electrons. The molecule has 2 heterocycles. The molecular formula is C22H23NO3S. The predicted molar refractivity (Wildman–Crippen MR) is 109 cm³/mol. The lowest BCUT2D eigenvalue weighted by Gasteiger charge is -2.43. The van der Waals surface area contributed by atoms with Crippen molar-refractivity contribution in [1.29, 1.82) is 0 Å². The Morgan fingerprint density at radius 3 is 2.70 bits per heavy atom. The lowest BCUT2D eigenvalue weighted by Crippen LogP contribution is -2.49. The largest absolute Gasteiger partial charge is 0.384 e. The summed E-state index contributed by atoms with van der Waals surface area (Å²) >= 11 is 1.64. The number of pyridine rings is 1. The van der Waals surface area contributed by atoms with Gasteiger partial charge in [-0.25, -0.2) is 0 Å². The minimum Gasteiger partial charge on any atom is -0.384 e. The second kappa shape index (κ2) is 7.15. The van der Waals surface area contributed by atoms with Gasteiger partial charge in [0.1, 0.15) is 5.60 Å². The Hall–Kier alpha value is -2.08. The van der Waals surface area contributed by atoms with E-state index in [1.54, 1.807) is 29.4 Å². The van der Waals surface area contributed by atoms with Crippen LogP contribution >= 0.6 is 11.8 Å². The van der Waals surface area contributed by atoms with Crippen molar-refractivity contribution in [1.82, 2.24) is 4.57 Å². The molecule has 1 aromatic heterocycles. The summed E-state index contributed by atoms with van der Waals surface area (Å²) in [7, 11) is 1.78. The first-order valence-electron chi connectivity index (χ1n) is 9.15. The van der Waals surface area contributed by atoms with Crippen LogP contribution in [0, 0.1) is 0 Å². The van der Waals surface area contributed by atoms with Gasteiger partial charge in [0, 0.05) is 24.4 Å². The molecule has 1 N–H and O–H groups in total. The van der Waals surface area contributed by atoms with Gasteiger partial charge in [-0.15, -0.1) is 11.8 Å². The third-order valence-corrected chi connectivity index (χ3v) is 6.95. The SMILES string of the molecule is C[C@@H]1OCC[C@@](O)(c2ccccc2)C1Sc1ccc2c(ccc(=O)n2C)c1. The van der Waals surface area contributed by atoms with Gasteiger partial charge < -0.3 is 14.4 Å². The molecule has 3 atom stereocenters. The molecule has 0 radical (unpaired) electrons. The van der Waals surface area contributed by atoms with Crippen LogP contribution in [0.1, 0.15) is 18.9 Å².